The van der Waals surface area contributed by atoms with Gasteiger partial charge in [-0.3, -0.25) is 4.79 Å². The van der Waals surface area contributed by atoms with Gasteiger partial charge in [-0.05, 0) is 42.1 Å². The van der Waals surface area contributed by atoms with Crippen LogP contribution in [0.3, 0.4) is 0 Å². The van der Waals surface area contributed by atoms with Crippen molar-refractivity contribution in [1.82, 2.24) is 0 Å². The minimum absolute atomic E-state index is 0.0409. The Kier molecular flexibility index (Phi) is 3.85. The minimum atomic E-state index is 0.0409. The molecule has 0 saturated carbocycles. The van der Waals surface area contributed by atoms with E-state index in [9.17, 15) is 4.79 Å². The Labute approximate surface area is 117 Å². The average Bonchev–Trinajstić information content (AvgIpc) is 2.29. The molecular weight excluding hydrogens is 232 g/mol. The predicted molar refractivity (Wildman–Crippen MR) is 80.8 cm³/mol. The average molecular weight is 258 g/mol. The van der Waals surface area contributed by atoms with E-state index in [1.807, 2.05) is 6.08 Å². The van der Waals surface area contributed by atoms with Gasteiger partial charge < -0.3 is 0 Å². The monoisotopic (exact) mass is 258 g/mol. The molecule has 0 fully saturated rings. The van der Waals surface area contributed by atoms with Crippen molar-refractivity contribution in [3.05, 3.63) is 36.5 Å². The van der Waals surface area contributed by atoms with Crippen LogP contribution in [0, 0.1) is 22.7 Å². The molecule has 0 saturated heterocycles. The van der Waals surface area contributed by atoms with Gasteiger partial charge in [0.05, 0.1) is 0 Å². The third-order valence-corrected chi connectivity index (χ3v) is 4.81. The number of carbonyl (C=O) groups excluding carboxylic acids is 1. The lowest BCUT2D eigenvalue weighted by Crippen LogP contribution is -2.31. The fourth-order valence-corrected chi connectivity index (χ4v) is 3.13. The van der Waals surface area contributed by atoms with E-state index in [0.717, 1.165) is 19.3 Å². The number of carbonyl (C=O) groups is 1. The van der Waals surface area contributed by atoms with Crippen LogP contribution < -0.4 is 0 Å². The lowest BCUT2D eigenvalue weighted by molar-refractivity contribution is -0.120. The third kappa shape index (κ3) is 3.08. The summed E-state index contributed by atoms with van der Waals surface area (Å²) in [4.78, 5) is 12.1. The molecule has 1 nitrogen and oxygen atoms in total. The van der Waals surface area contributed by atoms with E-state index >= 15 is 0 Å². The summed E-state index contributed by atoms with van der Waals surface area (Å²) in [6.45, 7) is 9.02. The molecule has 0 radical (unpaired) electrons. The molecule has 0 spiro atoms. The molecule has 1 heteroatoms. The Morgan fingerprint density at radius 3 is 2.32 bits per heavy atom. The highest BCUT2D eigenvalue weighted by molar-refractivity contribution is 5.94. The summed E-state index contributed by atoms with van der Waals surface area (Å²) in [5.74, 6) is 0.850. The zero-order chi connectivity index (χ0) is 14.1. The highest BCUT2D eigenvalue weighted by atomic mass is 16.1. The molecule has 2 aliphatic rings. The third-order valence-electron chi connectivity index (χ3n) is 4.81. The fraction of sp³-hybridized carbons (Fsp3) is 0.611. The van der Waals surface area contributed by atoms with Crippen LogP contribution in [0.5, 0.6) is 0 Å². The van der Waals surface area contributed by atoms with Crippen molar-refractivity contribution in [1.29, 1.82) is 0 Å². The van der Waals surface area contributed by atoms with Crippen molar-refractivity contribution >= 4 is 5.78 Å². The number of hydrogen-bond acceptors (Lipinski definition) is 1. The summed E-state index contributed by atoms with van der Waals surface area (Å²) in [5, 5.41) is 0. The Hall–Kier alpha value is -1.11. The molecule has 0 heterocycles. The van der Waals surface area contributed by atoms with E-state index in [1.54, 1.807) is 6.08 Å². The maximum Gasteiger partial charge on any atom is 0.162 e. The molecule has 0 amide bonds. The second-order valence-corrected chi connectivity index (χ2v) is 7.37. The first kappa shape index (κ1) is 14.3. The lowest BCUT2D eigenvalue weighted by atomic mass is 9.68. The van der Waals surface area contributed by atoms with Crippen molar-refractivity contribution in [2.45, 2.75) is 47.0 Å². The molecule has 0 bridgehead atoms. The Balaban J connectivity index is 2.15. The van der Waals surface area contributed by atoms with Gasteiger partial charge in [0, 0.05) is 5.92 Å². The summed E-state index contributed by atoms with van der Waals surface area (Å²) in [6.07, 6.45) is 16.0. The SMILES string of the molecule is CC1(C)CC=CCC1/C=C/C1C(=O)C=CCC1(C)C. The van der Waals surface area contributed by atoms with E-state index in [4.69, 9.17) is 0 Å². The molecule has 104 valence electrons. The van der Waals surface area contributed by atoms with E-state index in [-0.39, 0.29) is 17.1 Å². The highest BCUT2D eigenvalue weighted by Gasteiger charge is 2.34. The van der Waals surface area contributed by atoms with Crippen LogP contribution in [0.2, 0.25) is 0 Å². The van der Waals surface area contributed by atoms with Gasteiger partial charge in [0.25, 0.3) is 0 Å². The summed E-state index contributed by atoms with van der Waals surface area (Å²) in [7, 11) is 0. The molecule has 0 N–H and O–H groups in total. The van der Waals surface area contributed by atoms with Crippen LogP contribution in [-0.2, 0) is 4.79 Å². The smallest absolute Gasteiger partial charge is 0.162 e. The molecule has 0 aromatic rings. The van der Waals surface area contributed by atoms with E-state index in [1.165, 1.54) is 0 Å². The number of ketones is 1. The van der Waals surface area contributed by atoms with Gasteiger partial charge in [0.15, 0.2) is 5.78 Å². The normalized spacial score (nSPS) is 32.9. The second-order valence-electron chi connectivity index (χ2n) is 7.37. The fourth-order valence-electron chi connectivity index (χ4n) is 3.13. The summed E-state index contributed by atoms with van der Waals surface area (Å²) >= 11 is 0. The minimum Gasteiger partial charge on any atom is -0.294 e. The first-order valence-corrected chi connectivity index (χ1v) is 7.37. The van der Waals surface area contributed by atoms with Crippen LogP contribution in [0.1, 0.15) is 47.0 Å². The lowest BCUT2D eigenvalue weighted by Gasteiger charge is -2.36. The zero-order valence-electron chi connectivity index (χ0n) is 12.6. The molecular formula is C18H26O. The second kappa shape index (κ2) is 5.11. The molecule has 2 unspecified atom stereocenters. The van der Waals surface area contributed by atoms with Crippen molar-refractivity contribution in [3.63, 3.8) is 0 Å². The van der Waals surface area contributed by atoms with Gasteiger partial charge in [0.1, 0.15) is 0 Å². The number of rotatable bonds is 2. The quantitative estimate of drug-likeness (QED) is 0.656. The topological polar surface area (TPSA) is 17.1 Å². The standard InChI is InChI=1S/C18H26O/c1-17(2)12-6-5-8-14(17)10-11-15-16(19)9-7-13-18(15,3)4/h5-7,9-11,14-15H,8,12-13H2,1-4H3/b11-10+. The Morgan fingerprint density at radius 2 is 1.68 bits per heavy atom. The zero-order valence-corrected chi connectivity index (χ0v) is 12.6. The Morgan fingerprint density at radius 1 is 1.00 bits per heavy atom. The summed E-state index contributed by atoms with van der Waals surface area (Å²) in [6, 6.07) is 0. The van der Waals surface area contributed by atoms with Crippen molar-refractivity contribution in [2.75, 3.05) is 0 Å². The van der Waals surface area contributed by atoms with Crippen LogP contribution in [0.4, 0.5) is 0 Å². The molecule has 0 aromatic carbocycles. The van der Waals surface area contributed by atoms with Crippen LogP contribution in [0.25, 0.3) is 0 Å². The first-order chi connectivity index (χ1) is 8.83. The van der Waals surface area contributed by atoms with Crippen molar-refractivity contribution in [3.8, 4) is 0 Å². The van der Waals surface area contributed by atoms with Gasteiger partial charge in [-0.25, -0.2) is 0 Å². The first-order valence-electron chi connectivity index (χ1n) is 7.37. The predicted octanol–water partition coefficient (Wildman–Crippen LogP) is 4.71. The molecule has 0 aromatic heterocycles. The van der Waals surface area contributed by atoms with Gasteiger partial charge in [-0.2, -0.15) is 0 Å². The van der Waals surface area contributed by atoms with E-state index in [2.05, 4.69) is 52.0 Å². The van der Waals surface area contributed by atoms with Crippen molar-refractivity contribution in [2.24, 2.45) is 22.7 Å². The van der Waals surface area contributed by atoms with Crippen molar-refractivity contribution < 1.29 is 4.79 Å². The van der Waals surface area contributed by atoms with Crippen LogP contribution in [-0.4, -0.2) is 5.78 Å². The maximum atomic E-state index is 12.1. The Bertz CT molecular complexity index is 435. The molecule has 2 atom stereocenters. The molecule has 0 aliphatic heterocycles. The van der Waals surface area contributed by atoms with Gasteiger partial charge in [-0.1, -0.05) is 58.1 Å². The highest BCUT2D eigenvalue weighted by Crippen LogP contribution is 2.40. The van der Waals surface area contributed by atoms with E-state index < -0.39 is 0 Å². The van der Waals surface area contributed by atoms with E-state index in [0.29, 0.717) is 11.3 Å². The number of hydrogen-bond donors (Lipinski definition) is 0. The van der Waals surface area contributed by atoms with Crippen LogP contribution >= 0.6 is 0 Å². The molecule has 2 aliphatic carbocycles. The largest absolute Gasteiger partial charge is 0.294 e. The van der Waals surface area contributed by atoms with Gasteiger partial charge in [0.2, 0.25) is 0 Å². The molecule has 2 rings (SSSR count). The molecule has 19 heavy (non-hydrogen) atoms. The summed E-state index contributed by atoms with van der Waals surface area (Å²) < 4.78 is 0. The number of allylic oxidation sites excluding steroid dienone is 6. The maximum absolute atomic E-state index is 12.1. The summed E-state index contributed by atoms with van der Waals surface area (Å²) in [5.41, 5.74) is 0.361. The van der Waals surface area contributed by atoms with Crippen LogP contribution in [0.15, 0.2) is 36.5 Å². The van der Waals surface area contributed by atoms with Gasteiger partial charge >= 0.3 is 0 Å². The van der Waals surface area contributed by atoms with Gasteiger partial charge in [-0.15, -0.1) is 0 Å².